The summed E-state index contributed by atoms with van der Waals surface area (Å²) >= 11 is 0. The highest BCUT2D eigenvalue weighted by atomic mass is 16.1. The Morgan fingerprint density at radius 1 is 0.517 bits per heavy atom. The first-order valence-corrected chi connectivity index (χ1v) is 12.0. The molecule has 0 aliphatic carbocycles. The van der Waals surface area contributed by atoms with Gasteiger partial charge in [-0.3, -0.25) is 0 Å². The van der Waals surface area contributed by atoms with Gasteiger partial charge in [0.15, 0.2) is 0 Å². The number of carbonyl (C=O) groups excluding carboxylic acids is 1. The molecule has 0 fully saturated rings. The molecule has 0 heterocycles. The molecule has 0 aromatic carbocycles. The summed E-state index contributed by atoms with van der Waals surface area (Å²) in [5.74, 6) is 0.333. The van der Waals surface area contributed by atoms with Gasteiger partial charge in [-0.15, -0.1) is 0 Å². The van der Waals surface area contributed by atoms with Crippen LogP contribution in [-0.4, -0.2) is 5.78 Å². The van der Waals surface area contributed by atoms with E-state index in [2.05, 4.69) is 67.7 Å². The third kappa shape index (κ3) is 26.4. The van der Waals surface area contributed by atoms with E-state index in [1.165, 1.54) is 51.4 Å². The highest BCUT2D eigenvalue weighted by molar-refractivity contribution is 5.75. The number of ketones is 1. The molecule has 0 bridgehead atoms. The quantitative estimate of drug-likeness (QED) is 0.147. The summed E-state index contributed by atoms with van der Waals surface area (Å²) in [6, 6.07) is 0. The Morgan fingerprint density at radius 3 is 1.34 bits per heavy atom. The Morgan fingerprint density at radius 2 is 0.897 bits per heavy atom. The van der Waals surface area contributed by atoms with Crippen LogP contribution >= 0.6 is 0 Å². The zero-order valence-electron chi connectivity index (χ0n) is 19.3. The minimum Gasteiger partial charge on any atom is -0.300 e. The largest absolute Gasteiger partial charge is 0.300 e. The lowest BCUT2D eigenvalue weighted by Crippen LogP contribution is -1.89. The molecule has 1 heteroatoms. The number of Topliss-reactive ketones (excluding diaryl/α,β-unsaturated/α-hetero) is 1. The van der Waals surface area contributed by atoms with Crippen LogP contribution in [0.15, 0.2) is 60.8 Å². The second kappa shape index (κ2) is 24.4. The van der Waals surface area contributed by atoms with Gasteiger partial charge in [0, 0.05) is 6.42 Å². The van der Waals surface area contributed by atoms with Crippen LogP contribution in [0, 0.1) is 0 Å². The van der Waals surface area contributed by atoms with Gasteiger partial charge in [-0.2, -0.15) is 0 Å². The van der Waals surface area contributed by atoms with E-state index in [1.54, 1.807) is 6.92 Å². The predicted octanol–water partition coefficient (Wildman–Crippen LogP) is 9.23. The number of carbonyl (C=O) groups is 1. The zero-order valence-corrected chi connectivity index (χ0v) is 19.3. The summed E-state index contributed by atoms with van der Waals surface area (Å²) in [6.07, 6.45) is 40.1. The monoisotopic (exact) mass is 398 g/mol. The second-order valence-corrected chi connectivity index (χ2v) is 7.78. The van der Waals surface area contributed by atoms with Gasteiger partial charge in [-0.25, -0.2) is 0 Å². The minimum absolute atomic E-state index is 0.333. The zero-order chi connectivity index (χ0) is 21.3. The van der Waals surface area contributed by atoms with Gasteiger partial charge in [0.2, 0.25) is 0 Å². The minimum atomic E-state index is 0.333. The third-order valence-corrected chi connectivity index (χ3v) is 4.81. The predicted molar refractivity (Wildman–Crippen MR) is 131 cm³/mol. The smallest absolute Gasteiger partial charge is 0.129 e. The fraction of sp³-hybridized carbons (Fsp3) is 0.607. The lowest BCUT2D eigenvalue weighted by atomic mass is 10.1. The molecule has 0 amide bonds. The van der Waals surface area contributed by atoms with Crippen molar-refractivity contribution in [3.05, 3.63) is 60.8 Å². The number of unbranched alkanes of at least 4 members (excludes halogenated alkanes) is 8. The summed E-state index contributed by atoms with van der Waals surface area (Å²) in [4.78, 5) is 10.9. The van der Waals surface area contributed by atoms with Gasteiger partial charge in [-0.05, 0) is 58.3 Å². The van der Waals surface area contributed by atoms with Crippen LogP contribution in [0.1, 0.15) is 110 Å². The Balaban J connectivity index is 3.33. The van der Waals surface area contributed by atoms with Crippen molar-refractivity contribution in [2.45, 2.75) is 110 Å². The van der Waals surface area contributed by atoms with Gasteiger partial charge < -0.3 is 4.79 Å². The molecule has 0 saturated carbocycles. The third-order valence-electron chi connectivity index (χ3n) is 4.81. The Hall–Kier alpha value is -1.63. The number of hydrogen-bond donors (Lipinski definition) is 0. The van der Waals surface area contributed by atoms with Crippen molar-refractivity contribution in [2.75, 3.05) is 0 Å². The molecule has 0 aromatic rings. The normalized spacial score (nSPS) is 12.6. The lowest BCUT2D eigenvalue weighted by Gasteiger charge is -2.01. The van der Waals surface area contributed by atoms with Crippen molar-refractivity contribution in [3.8, 4) is 0 Å². The summed E-state index contributed by atoms with van der Waals surface area (Å²) in [5.41, 5.74) is 0. The number of hydrogen-bond acceptors (Lipinski definition) is 1. The van der Waals surface area contributed by atoms with Gasteiger partial charge in [0.05, 0.1) is 0 Å². The molecule has 0 atom stereocenters. The lowest BCUT2D eigenvalue weighted by molar-refractivity contribution is -0.117. The van der Waals surface area contributed by atoms with Gasteiger partial charge in [0.1, 0.15) is 5.78 Å². The molecular weight excluding hydrogens is 352 g/mol. The summed E-state index contributed by atoms with van der Waals surface area (Å²) in [7, 11) is 0. The van der Waals surface area contributed by atoms with Crippen molar-refractivity contribution >= 4 is 5.78 Å². The maximum absolute atomic E-state index is 10.9. The van der Waals surface area contributed by atoms with Crippen molar-refractivity contribution in [2.24, 2.45) is 0 Å². The summed E-state index contributed by atoms with van der Waals surface area (Å²) < 4.78 is 0. The SMILES string of the molecule is CC/C=C\C/C=C\C/C=C\C/C=C\C/C=C\CCCCCCCCCCC(C)=O. The highest BCUT2D eigenvalue weighted by Gasteiger charge is 1.94. The first kappa shape index (κ1) is 27.4. The number of rotatable bonds is 20. The highest BCUT2D eigenvalue weighted by Crippen LogP contribution is 2.11. The fourth-order valence-electron chi connectivity index (χ4n) is 3.07. The van der Waals surface area contributed by atoms with E-state index < -0.39 is 0 Å². The molecule has 0 aromatic heterocycles. The molecular formula is C28H46O. The van der Waals surface area contributed by atoms with Crippen molar-refractivity contribution < 1.29 is 4.79 Å². The van der Waals surface area contributed by atoms with Gasteiger partial charge >= 0.3 is 0 Å². The molecule has 0 saturated heterocycles. The summed E-state index contributed by atoms with van der Waals surface area (Å²) in [6.45, 7) is 3.86. The van der Waals surface area contributed by atoms with Crippen molar-refractivity contribution in [3.63, 3.8) is 0 Å². The van der Waals surface area contributed by atoms with Crippen LogP contribution in [0.3, 0.4) is 0 Å². The molecule has 164 valence electrons. The van der Waals surface area contributed by atoms with Crippen LogP contribution in [-0.2, 0) is 4.79 Å². The van der Waals surface area contributed by atoms with Crippen LogP contribution in [0.4, 0.5) is 0 Å². The fourth-order valence-corrected chi connectivity index (χ4v) is 3.07. The van der Waals surface area contributed by atoms with Crippen LogP contribution in [0.25, 0.3) is 0 Å². The molecule has 0 N–H and O–H groups in total. The van der Waals surface area contributed by atoms with E-state index in [1.807, 2.05) is 0 Å². The Kier molecular flexibility index (Phi) is 23.0. The van der Waals surface area contributed by atoms with E-state index >= 15 is 0 Å². The maximum atomic E-state index is 10.9. The molecule has 0 unspecified atom stereocenters. The van der Waals surface area contributed by atoms with Gasteiger partial charge in [-0.1, -0.05) is 106 Å². The standard InChI is InChI=1S/C28H46O/c1-3-4-5-6-7-8-9-10-11-12-13-14-15-16-17-18-19-20-21-22-23-24-25-26-27-28(2)29/h4-5,7-8,10-11,13-14,16-17H,3,6,9,12,15,18-27H2,1-2H3/b5-4-,8-7-,11-10-,14-13-,17-16-. The van der Waals surface area contributed by atoms with E-state index in [0.29, 0.717) is 5.78 Å². The molecule has 1 nitrogen and oxygen atoms in total. The molecule has 0 rings (SSSR count). The Bertz CT molecular complexity index is 490. The molecule has 0 aliphatic heterocycles. The molecule has 29 heavy (non-hydrogen) atoms. The van der Waals surface area contributed by atoms with E-state index in [0.717, 1.165) is 44.9 Å². The van der Waals surface area contributed by atoms with E-state index in [9.17, 15) is 4.79 Å². The first-order valence-electron chi connectivity index (χ1n) is 12.0. The molecule has 0 radical (unpaired) electrons. The Labute approximate surface area is 181 Å². The van der Waals surface area contributed by atoms with Gasteiger partial charge in [0.25, 0.3) is 0 Å². The van der Waals surface area contributed by atoms with Crippen LogP contribution in [0.5, 0.6) is 0 Å². The molecule has 0 aliphatic rings. The van der Waals surface area contributed by atoms with Crippen molar-refractivity contribution in [1.29, 1.82) is 0 Å². The first-order chi connectivity index (χ1) is 14.3. The van der Waals surface area contributed by atoms with Crippen molar-refractivity contribution in [1.82, 2.24) is 0 Å². The average molecular weight is 399 g/mol. The second-order valence-electron chi connectivity index (χ2n) is 7.78. The maximum Gasteiger partial charge on any atom is 0.129 e. The topological polar surface area (TPSA) is 17.1 Å². The summed E-state index contributed by atoms with van der Waals surface area (Å²) in [5, 5.41) is 0. The van der Waals surface area contributed by atoms with Crippen LogP contribution in [0.2, 0.25) is 0 Å². The van der Waals surface area contributed by atoms with E-state index in [4.69, 9.17) is 0 Å². The number of allylic oxidation sites excluding steroid dienone is 10. The van der Waals surface area contributed by atoms with Crippen LogP contribution < -0.4 is 0 Å². The van der Waals surface area contributed by atoms with E-state index in [-0.39, 0.29) is 0 Å². The average Bonchev–Trinajstić information content (AvgIpc) is 2.71. The molecule has 0 spiro atoms.